The Labute approximate surface area is 123 Å². The molecule has 5 heteroatoms. The molecule has 1 unspecified atom stereocenters. The molecular weight excluding hydrogens is 279 g/mol. The predicted octanol–water partition coefficient (Wildman–Crippen LogP) is 3.27. The van der Waals surface area contributed by atoms with E-state index in [0.717, 1.165) is 19.3 Å². The van der Waals surface area contributed by atoms with Crippen LogP contribution >= 0.6 is 0 Å². The first-order chi connectivity index (χ1) is 9.98. The van der Waals surface area contributed by atoms with Crippen molar-refractivity contribution < 1.29 is 17.9 Å². The van der Waals surface area contributed by atoms with E-state index in [1.807, 2.05) is 7.05 Å². The van der Waals surface area contributed by atoms with Crippen molar-refractivity contribution >= 4 is 0 Å². The first-order valence-electron chi connectivity index (χ1n) is 7.40. The molecule has 21 heavy (non-hydrogen) atoms. The zero-order chi connectivity index (χ0) is 15.3. The van der Waals surface area contributed by atoms with Gasteiger partial charge in [0.25, 0.3) is 0 Å². The molecule has 0 heterocycles. The number of aryl methyl sites for hydroxylation is 2. The number of likely N-dealkylation sites (N-methyl/N-ethyl adjacent to an activating group) is 1. The van der Waals surface area contributed by atoms with Crippen molar-refractivity contribution in [3.8, 4) is 0 Å². The zero-order valence-electron chi connectivity index (χ0n) is 12.3. The summed E-state index contributed by atoms with van der Waals surface area (Å²) in [5, 5.41) is 3.15. The first kappa shape index (κ1) is 16.3. The zero-order valence-corrected chi connectivity index (χ0v) is 12.3. The van der Waals surface area contributed by atoms with Crippen molar-refractivity contribution in [3.05, 3.63) is 34.9 Å². The highest BCUT2D eigenvalue weighted by atomic mass is 19.4. The molecule has 1 aliphatic rings. The van der Waals surface area contributed by atoms with Gasteiger partial charge in [-0.25, -0.2) is 0 Å². The van der Waals surface area contributed by atoms with Crippen LogP contribution in [-0.2, 0) is 24.0 Å². The second-order valence-electron chi connectivity index (χ2n) is 5.60. The van der Waals surface area contributed by atoms with Crippen molar-refractivity contribution in [1.82, 2.24) is 5.32 Å². The third-order valence-electron chi connectivity index (χ3n) is 3.93. The van der Waals surface area contributed by atoms with Crippen LogP contribution in [0.25, 0.3) is 0 Å². The van der Waals surface area contributed by atoms with E-state index in [1.165, 1.54) is 23.1 Å². The van der Waals surface area contributed by atoms with Gasteiger partial charge in [0, 0.05) is 12.6 Å². The molecule has 1 aromatic rings. The van der Waals surface area contributed by atoms with E-state index in [-0.39, 0.29) is 12.6 Å². The number of alkyl halides is 3. The Balaban J connectivity index is 1.79. The van der Waals surface area contributed by atoms with Crippen molar-refractivity contribution in [2.24, 2.45) is 0 Å². The molecule has 0 saturated heterocycles. The predicted molar refractivity (Wildman–Crippen MR) is 76.5 cm³/mol. The van der Waals surface area contributed by atoms with Gasteiger partial charge in [-0.1, -0.05) is 18.2 Å². The minimum Gasteiger partial charge on any atom is -0.372 e. The number of halogens is 3. The second kappa shape index (κ2) is 7.27. The quantitative estimate of drug-likeness (QED) is 0.780. The summed E-state index contributed by atoms with van der Waals surface area (Å²) in [4.78, 5) is 0. The number of hydrogen-bond donors (Lipinski definition) is 1. The first-order valence-corrected chi connectivity index (χ1v) is 7.40. The van der Waals surface area contributed by atoms with Gasteiger partial charge in [0.15, 0.2) is 0 Å². The Hall–Kier alpha value is -1.07. The number of benzene rings is 1. The average molecular weight is 301 g/mol. The van der Waals surface area contributed by atoms with Crippen molar-refractivity contribution in [1.29, 1.82) is 0 Å². The van der Waals surface area contributed by atoms with Gasteiger partial charge in [0.2, 0.25) is 0 Å². The summed E-state index contributed by atoms with van der Waals surface area (Å²) in [5.41, 5.74) is 4.11. The van der Waals surface area contributed by atoms with Gasteiger partial charge in [-0.3, -0.25) is 0 Å². The van der Waals surface area contributed by atoms with Gasteiger partial charge in [-0.15, -0.1) is 0 Å². The van der Waals surface area contributed by atoms with Crippen LogP contribution in [0.3, 0.4) is 0 Å². The fourth-order valence-corrected chi connectivity index (χ4v) is 2.80. The van der Waals surface area contributed by atoms with Crippen LogP contribution in [0.2, 0.25) is 0 Å². The van der Waals surface area contributed by atoms with Crippen LogP contribution in [-0.4, -0.2) is 32.5 Å². The lowest BCUT2D eigenvalue weighted by atomic mass is 9.99. The lowest BCUT2D eigenvalue weighted by Crippen LogP contribution is -2.30. The number of ether oxygens (including phenoxy) is 1. The molecule has 118 valence electrons. The second-order valence-corrected chi connectivity index (χ2v) is 5.60. The maximum atomic E-state index is 12.0. The Morgan fingerprint density at radius 3 is 2.71 bits per heavy atom. The van der Waals surface area contributed by atoms with Crippen LogP contribution in [0.1, 0.15) is 29.5 Å². The Bertz CT molecular complexity index is 459. The highest BCUT2D eigenvalue weighted by Crippen LogP contribution is 2.23. The SMILES string of the molecule is CNC(CCOCC(F)(F)F)Cc1ccc2c(c1)CCC2. The Kier molecular flexibility index (Phi) is 5.65. The van der Waals surface area contributed by atoms with E-state index in [4.69, 9.17) is 0 Å². The molecule has 2 rings (SSSR count). The van der Waals surface area contributed by atoms with Crippen LogP contribution in [0, 0.1) is 0 Å². The van der Waals surface area contributed by atoms with Gasteiger partial charge in [0.1, 0.15) is 6.61 Å². The Morgan fingerprint density at radius 1 is 1.24 bits per heavy atom. The number of rotatable bonds is 7. The molecule has 0 saturated carbocycles. The summed E-state index contributed by atoms with van der Waals surface area (Å²) in [6.07, 6.45) is 0.676. The molecule has 1 aliphatic carbocycles. The van der Waals surface area contributed by atoms with E-state index in [9.17, 15) is 13.2 Å². The van der Waals surface area contributed by atoms with Crippen molar-refractivity contribution in [2.45, 2.75) is 44.3 Å². The standard InChI is InChI=1S/C16H22F3NO/c1-20-15(7-8-21-11-16(17,18)19)10-12-5-6-13-3-2-4-14(13)9-12/h5-6,9,15,20H,2-4,7-8,10-11H2,1H3. The lowest BCUT2D eigenvalue weighted by molar-refractivity contribution is -0.174. The van der Waals surface area contributed by atoms with E-state index >= 15 is 0 Å². The topological polar surface area (TPSA) is 21.3 Å². The lowest BCUT2D eigenvalue weighted by Gasteiger charge is -2.17. The molecule has 1 N–H and O–H groups in total. The molecule has 0 amide bonds. The number of nitrogens with one attached hydrogen (secondary N) is 1. The maximum Gasteiger partial charge on any atom is 0.411 e. The largest absolute Gasteiger partial charge is 0.411 e. The molecule has 0 aliphatic heterocycles. The molecule has 0 radical (unpaired) electrons. The van der Waals surface area contributed by atoms with E-state index in [2.05, 4.69) is 28.3 Å². The minimum absolute atomic E-state index is 0.121. The van der Waals surface area contributed by atoms with Crippen molar-refractivity contribution in [3.63, 3.8) is 0 Å². The summed E-state index contributed by atoms with van der Waals surface area (Å²) < 4.78 is 40.7. The number of hydrogen-bond acceptors (Lipinski definition) is 2. The summed E-state index contributed by atoms with van der Waals surface area (Å²) >= 11 is 0. The van der Waals surface area contributed by atoms with E-state index in [0.29, 0.717) is 6.42 Å². The van der Waals surface area contributed by atoms with Gasteiger partial charge < -0.3 is 10.1 Å². The summed E-state index contributed by atoms with van der Waals surface area (Å²) in [6, 6.07) is 6.69. The van der Waals surface area contributed by atoms with Crippen LogP contribution < -0.4 is 5.32 Å². The van der Waals surface area contributed by atoms with Crippen molar-refractivity contribution in [2.75, 3.05) is 20.3 Å². The van der Waals surface area contributed by atoms with Gasteiger partial charge in [-0.05, 0) is 55.8 Å². The van der Waals surface area contributed by atoms with E-state index in [1.54, 1.807) is 0 Å². The monoisotopic (exact) mass is 301 g/mol. The fourth-order valence-electron chi connectivity index (χ4n) is 2.80. The molecule has 0 spiro atoms. The highest BCUT2D eigenvalue weighted by molar-refractivity contribution is 5.35. The van der Waals surface area contributed by atoms with Gasteiger partial charge in [0.05, 0.1) is 0 Å². The molecule has 0 aromatic heterocycles. The summed E-state index contributed by atoms with van der Waals surface area (Å²) in [7, 11) is 1.84. The minimum atomic E-state index is -4.24. The van der Waals surface area contributed by atoms with Crippen LogP contribution in [0.5, 0.6) is 0 Å². The molecule has 2 nitrogen and oxygen atoms in total. The molecule has 1 aromatic carbocycles. The normalized spacial score (nSPS) is 16.0. The third kappa shape index (κ3) is 5.32. The van der Waals surface area contributed by atoms with Gasteiger partial charge >= 0.3 is 6.18 Å². The highest BCUT2D eigenvalue weighted by Gasteiger charge is 2.27. The molecular formula is C16H22F3NO. The molecule has 0 bridgehead atoms. The summed E-state index contributed by atoms with van der Waals surface area (Å²) in [6.45, 7) is -1.04. The smallest absolute Gasteiger partial charge is 0.372 e. The average Bonchev–Trinajstić information content (AvgIpc) is 2.88. The molecule has 1 atom stereocenters. The van der Waals surface area contributed by atoms with E-state index < -0.39 is 12.8 Å². The van der Waals surface area contributed by atoms with Crippen LogP contribution in [0.15, 0.2) is 18.2 Å². The fraction of sp³-hybridized carbons (Fsp3) is 0.625. The third-order valence-corrected chi connectivity index (χ3v) is 3.93. The molecule has 0 fully saturated rings. The van der Waals surface area contributed by atoms with Crippen LogP contribution in [0.4, 0.5) is 13.2 Å². The maximum absolute atomic E-state index is 12.0. The summed E-state index contributed by atoms with van der Waals surface area (Å²) in [5.74, 6) is 0. The van der Waals surface area contributed by atoms with Gasteiger partial charge in [-0.2, -0.15) is 13.2 Å². The Morgan fingerprint density at radius 2 is 2.00 bits per heavy atom. The number of fused-ring (bicyclic) bond motifs is 1.